The monoisotopic (exact) mass is 311 g/mol. The summed E-state index contributed by atoms with van der Waals surface area (Å²) in [5.74, 6) is -0.626. The molecule has 1 aromatic heterocycles. The highest BCUT2D eigenvalue weighted by atomic mass is 35.5. The zero-order valence-electron chi connectivity index (χ0n) is 9.84. The van der Waals surface area contributed by atoms with Crippen molar-refractivity contribution in [2.75, 3.05) is 5.32 Å². The summed E-state index contributed by atoms with van der Waals surface area (Å²) in [4.78, 5) is 25.7. The number of nitrogens with one attached hydrogen (secondary N) is 1. The molecule has 0 atom stereocenters. The molecule has 1 aromatic carbocycles. The van der Waals surface area contributed by atoms with Crippen molar-refractivity contribution in [1.29, 1.82) is 0 Å². The van der Waals surface area contributed by atoms with Crippen molar-refractivity contribution >= 4 is 40.5 Å². The second-order valence-corrected chi connectivity index (χ2v) is 4.49. The molecule has 2 aromatic rings. The summed E-state index contributed by atoms with van der Waals surface area (Å²) < 4.78 is 0. The lowest BCUT2D eigenvalue weighted by molar-refractivity contribution is -0.385. The Bertz CT molecular complexity index is 691. The van der Waals surface area contributed by atoms with Gasteiger partial charge in [-0.15, -0.1) is 0 Å². The molecular formula is C12H7Cl2N3O3. The molecule has 1 amide bonds. The van der Waals surface area contributed by atoms with Gasteiger partial charge < -0.3 is 5.32 Å². The fourth-order valence-electron chi connectivity index (χ4n) is 1.45. The van der Waals surface area contributed by atoms with Gasteiger partial charge in [0, 0.05) is 6.07 Å². The normalized spacial score (nSPS) is 10.1. The lowest BCUT2D eigenvalue weighted by Gasteiger charge is -2.07. The number of amides is 1. The second kappa shape index (κ2) is 5.85. The number of halogens is 2. The first-order valence-electron chi connectivity index (χ1n) is 5.35. The zero-order chi connectivity index (χ0) is 14.7. The Morgan fingerprint density at radius 2 is 2.00 bits per heavy atom. The van der Waals surface area contributed by atoms with Crippen molar-refractivity contribution in [3.63, 3.8) is 0 Å². The maximum Gasteiger partial charge on any atom is 0.288 e. The molecule has 0 aliphatic heterocycles. The highest BCUT2D eigenvalue weighted by molar-refractivity contribution is 6.35. The molecule has 0 unspecified atom stereocenters. The van der Waals surface area contributed by atoms with E-state index in [9.17, 15) is 14.9 Å². The Hall–Kier alpha value is -2.18. The molecule has 0 aliphatic carbocycles. The van der Waals surface area contributed by atoms with Crippen LogP contribution in [0.5, 0.6) is 0 Å². The van der Waals surface area contributed by atoms with Crippen molar-refractivity contribution in [2.24, 2.45) is 0 Å². The van der Waals surface area contributed by atoms with Crippen LogP contribution in [0.15, 0.2) is 36.5 Å². The summed E-state index contributed by atoms with van der Waals surface area (Å²) in [6, 6.07) is 7.65. The first kappa shape index (κ1) is 14.2. The van der Waals surface area contributed by atoms with Crippen molar-refractivity contribution in [3.8, 4) is 0 Å². The Kier molecular flexibility index (Phi) is 4.16. The van der Waals surface area contributed by atoms with Crippen LogP contribution in [0.2, 0.25) is 10.2 Å². The molecule has 8 heteroatoms. The van der Waals surface area contributed by atoms with Crippen LogP contribution in [0.4, 0.5) is 11.4 Å². The lowest BCUT2D eigenvalue weighted by Crippen LogP contribution is -2.13. The standard InChI is InChI=1S/C12H7Cl2N3O3/c13-9-3-1-2-4-10(9)16-12(18)8-5-7(17(19)20)6-15-11(8)14/h1-6H,(H,16,18). The van der Waals surface area contributed by atoms with Gasteiger partial charge in [0.05, 0.1) is 21.2 Å². The van der Waals surface area contributed by atoms with Gasteiger partial charge in [-0.1, -0.05) is 35.3 Å². The van der Waals surface area contributed by atoms with E-state index in [0.29, 0.717) is 10.7 Å². The number of aromatic nitrogens is 1. The molecule has 6 nitrogen and oxygen atoms in total. The Morgan fingerprint density at radius 3 is 2.65 bits per heavy atom. The number of hydrogen-bond acceptors (Lipinski definition) is 4. The van der Waals surface area contributed by atoms with Gasteiger partial charge in [-0.05, 0) is 12.1 Å². The van der Waals surface area contributed by atoms with Gasteiger partial charge in [0.2, 0.25) is 0 Å². The molecule has 0 radical (unpaired) electrons. The van der Waals surface area contributed by atoms with Gasteiger partial charge in [-0.3, -0.25) is 14.9 Å². The number of rotatable bonds is 3. The van der Waals surface area contributed by atoms with Crippen molar-refractivity contribution in [2.45, 2.75) is 0 Å². The van der Waals surface area contributed by atoms with Crippen molar-refractivity contribution in [3.05, 3.63) is 62.4 Å². The molecule has 0 bridgehead atoms. The quantitative estimate of drug-likeness (QED) is 0.533. The number of benzene rings is 1. The molecule has 102 valence electrons. The fraction of sp³-hybridized carbons (Fsp3) is 0. The van der Waals surface area contributed by atoms with Crippen LogP contribution < -0.4 is 5.32 Å². The highest BCUT2D eigenvalue weighted by Gasteiger charge is 2.17. The summed E-state index contributed by atoms with van der Waals surface area (Å²) in [7, 11) is 0. The molecule has 20 heavy (non-hydrogen) atoms. The fourth-order valence-corrected chi connectivity index (χ4v) is 1.82. The second-order valence-electron chi connectivity index (χ2n) is 3.72. The van der Waals surface area contributed by atoms with Crippen LogP contribution in [-0.4, -0.2) is 15.8 Å². The first-order chi connectivity index (χ1) is 9.49. The van der Waals surface area contributed by atoms with Crippen LogP contribution >= 0.6 is 23.2 Å². The summed E-state index contributed by atoms with van der Waals surface area (Å²) >= 11 is 11.7. The third kappa shape index (κ3) is 3.04. The van der Waals surface area contributed by atoms with Crippen molar-refractivity contribution < 1.29 is 9.72 Å². The lowest BCUT2D eigenvalue weighted by atomic mass is 10.2. The van der Waals surface area contributed by atoms with Crippen LogP contribution in [-0.2, 0) is 0 Å². The average Bonchev–Trinajstić information content (AvgIpc) is 2.41. The van der Waals surface area contributed by atoms with Crippen LogP contribution in [0.3, 0.4) is 0 Å². The molecule has 1 heterocycles. The van der Waals surface area contributed by atoms with E-state index in [-0.39, 0.29) is 16.4 Å². The van der Waals surface area contributed by atoms with Crippen LogP contribution in [0, 0.1) is 10.1 Å². The van der Waals surface area contributed by atoms with Gasteiger partial charge >= 0.3 is 0 Å². The molecule has 0 saturated carbocycles. The number of nitrogens with zero attached hydrogens (tertiary/aromatic N) is 2. The molecule has 0 saturated heterocycles. The smallest absolute Gasteiger partial charge is 0.288 e. The molecule has 0 fully saturated rings. The number of hydrogen-bond donors (Lipinski definition) is 1. The van der Waals surface area contributed by atoms with E-state index in [0.717, 1.165) is 12.3 Å². The van der Waals surface area contributed by atoms with Gasteiger partial charge in [0.25, 0.3) is 11.6 Å². The number of carbonyl (C=O) groups is 1. The van der Waals surface area contributed by atoms with Crippen LogP contribution in [0.25, 0.3) is 0 Å². The number of para-hydroxylation sites is 1. The van der Waals surface area contributed by atoms with Gasteiger partial charge in [-0.2, -0.15) is 0 Å². The van der Waals surface area contributed by atoms with Gasteiger partial charge in [0.1, 0.15) is 11.3 Å². The maximum absolute atomic E-state index is 12.0. The molecule has 0 aliphatic rings. The summed E-state index contributed by atoms with van der Waals surface area (Å²) in [5.41, 5.74) is -0.0405. The van der Waals surface area contributed by atoms with Gasteiger partial charge in [0.15, 0.2) is 0 Å². The Labute approximate surface area is 123 Å². The van der Waals surface area contributed by atoms with E-state index >= 15 is 0 Å². The van der Waals surface area contributed by atoms with E-state index in [4.69, 9.17) is 23.2 Å². The highest BCUT2D eigenvalue weighted by Crippen LogP contribution is 2.24. The van der Waals surface area contributed by atoms with Crippen LogP contribution in [0.1, 0.15) is 10.4 Å². The first-order valence-corrected chi connectivity index (χ1v) is 6.10. The van der Waals surface area contributed by atoms with E-state index in [1.807, 2.05) is 0 Å². The Morgan fingerprint density at radius 1 is 1.30 bits per heavy atom. The van der Waals surface area contributed by atoms with Gasteiger partial charge in [-0.25, -0.2) is 4.98 Å². The number of carbonyl (C=O) groups excluding carboxylic acids is 1. The summed E-state index contributed by atoms with van der Waals surface area (Å²) in [5, 5.41) is 13.4. The molecular weight excluding hydrogens is 305 g/mol. The van der Waals surface area contributed by atoms with E-state index in [2.05, 4.69) is 10.3 Å². The third-order valence-corrected chi connectivity index (χ3v) is 3.03. The number of nitro groups is 1. The van der Waals surface area contributed by atoms with E-state index < -0.39 is 10.8 Å². The molecule has 1 N–H and O–H groups in total. The zero-order valence-corrected chi connectivity index (χ0v) is 11.4. The average molecular weight is 312 g/mol. The summed E-state index contributed by atoms with van der Waals surface area (Å²) in [6.07, 6.45) is 0.981. The third-order valence-electron chi connectivity index (χ3n) is 2.40. The number of anilines is 1. The van der Waals surface area contributed by atoms with E-state index in [1.54, 1.807) is 24.3 Å². The SMILES string of the molecule is O=C(Nc1ccccc1Cl)c1cc([N+](=O)[O-])cnc1Cl. The number of pyridine rings is 1. The maximum atomic E-state index is 12.0. The molecule has 2 rings (SSSR count). The predicted molar refractivity (Wildman–Crippen MR) is 75.3 cm³/mol. The minimum Gasteiger partial charge on any atom is -0.321 e. The Balaban J connectivity index is 2.32. The largest absolute Gasteiger partial charge is 0.321 e. The predicted octanol–water partition coefficient (Wildman–Crippen LogP) is 3.55. The minimum atomic E-state index is -0.657. The minimum absolute atomic E-state index is 0.0965. The van der Waals surface area contributed by atoms with E-state index in [1.165, 1.54) is 0 Å². The summed E-state index contributed by atoms with van der Waals surface area (Å²) in [6.45, 7) is 0. The topological polar surface area (TPSA) is 85.1 Å². The molecule has 0 spiro atoms. The van der Waals surface area contributed by atoms with Crippen molar-refractivity contribution in [1.82, 2.24) is 4.98 Å².